The van der Waals surface area contributed by atoms with Gasteiger partial charge in [0.1, 0.15) is 11.6 Å². The highest BCUT2D eigenvalue weighted by molar-refractivity contribution is 5.84. The minimum atomic E-state index is -0.745. The van der Waals surface area contributed by atoms with Gasteiger partial charge < -0.3 is 9.84 Å². The number of carbonyl (C=O) groups is 1. The molecular formula is C26H26N2O3. The lowest BCUT2D eigenvalue weighted by atomic mass is 10.1. The van der Waals surface area contributed by atoms with Crippen LogP contribution in [0.1, 0.15) is 31.2 Å². The predicted octanol–water partition coefficient (Wildman–Crippen LogP) is 6.02. The van der Waals surface area contributed by atoms with Crippen LogP contribution in [0, 0.1) is 6.92 Å². The van der Waals surface area contributed by atoms with E-state index in [1.165, 1.54) is 5.56 Å². The van der Waals surface area contributed by atoms with Crippen LogP contribution in [0.3, 0.4) is 0 Å². The summed E-state index contributed by atoms with van der Waals surface area (Å²) in [4.78, 5) is 15.5. The number of hydrogen-bond donors (Lipinski definition) is 1. The first-order valence-electron chi connectivity index (χ1n) is 10.6. The number of imidazole rings is 1. The molecule has 0 saturated carbocycles. The molecule has 1 aromatic heterocycles. The Balaban J connectivity index is 1.63. The van der Waals surface area contributed by atoms with Gasteiger partial charge in [0.25, 0.3) is 0 Å². The number of nitrogens with zero attached hydrogens (tertiary/aromatic N) is 2. The molecule has 0 fully saturated rings. The van der Waals surface area contributed by atoms with E-state index in [1.807, 2.05) is 36.4 Å². The number of hydrogen-bond acceptors (Lipinski definition) is 3. The SMILES string of the molecule is Cc1ccc(-c2nc3ccc(OCCCCCC(=O)O)cc3n2-c2ccccc2)cc1. The average Bonchev–Trinajstić information content (AvgIpc) is 3.16. The normalized spacial score (nSPS) is 11.0. The van der Waals surface area contributed by atoms with Gasteiger partial charge in [-0.1, -0.05) is 48.0 Å². The minimum Gasteiger partial charge on any atom is -0.494 e. The van der Waals surface area contributed by atoms with Gasteiger partial charge in [0.2, 0.25) is 0 Å². The number of fused-ring (bicyclic) bond motifs is 1. The first-order chi connectivity index (χ1) is 15.1. The van der Waals surface area contributed by atoms with Crippen molar-refractivity contribution in [2.24, 2.45) is 0 Å². The fourth-order valence-electron chi connectivity index (χ4n) is 3.62. The number of rotatable bonds is 9. The van der Waals surface area contributed by atoms with Crippen LogP contribution in [-0.4, -0.2) is 27.2 Å². The van der Waals surface area contributed by atoms with Gasteiger partial charge in [-0.05, 0) is 50.5 Å². The third-order valence-electron chi connectivity index (χ3n) is 5.25. The number of ether oxygens (including phenoxy) is 1. The monoisotopic (exact) mass is 414 g/mol. The van der Waals surface area contributed by atoms with E-state index < -0.39 is 5.97 Å². The first kappa shape index (κ1) is 20.7. The molecule has 3 aromatic carbocycles. The quantitative estimate of drug-likeness (QED) is 0.340. The summed E-state index contributed by atoms with van der Waals surface area (Å²) in [5.74, 6) is 0.940. The number of unbranched alkanes of at least 4 members (excludes halogenated alkanes) is 2. The van der Waals surface area contributed by atoms with Crippen LogP contribution in [0.4, 0.5) is 0 Å². The summed E-state index contributed by atoms with van der Waals surface area (Å²) in [6.45, 7) is 2.64. The van der Waals surface area contributed by atoms with Crippen LogP contribution in [-0.2, 0) is 4.79 Å². The molecule has 0 aliphatic carbocycles. The standard InChI is InChI=1S/C26H26N2O3/c1-19-11-13-20(14-12-19)26-27-23-16-15-22(31-17-7-3-6-10-25(29)30)18-24(23)28(26)21-8-4-2-5-9-21/h2,4-5,8-9,11-16,18H,3,6-7,10,17H2,1H3,(H,29,30). The maximum atomic E-state index is 10.6. The molecule has 1 N–H and O–H groups in total. The molecule has 5 heteroatoms. The highest BCUT2D eigenvalue weighted by Crippen LogP contribution is 2.31. The summed E-state index contributed by atoms with van der Waals surface area (Å²) in [5.41, 5.74) is 5.22. The van der Waals surface area contributed by atoms with E-state index in [2.05, 4.69) is 47.9 Å². The molecule has 0 aliphatic rings. The van der Waals surface area contributed by atoms with E-state index in [4.69, 9.17) is 14.8 Å². The van der Waals surface area contributed by atoms with Gasteiger partial charge in [-0.15, -0.1) is 0 Å². The molecule has 1 heterocycles. The molecule has 158 valence electrons. The molecule has 0 radical (unpaired) electrons. The lowest BCUT2D eigenvalue weighted by Crippen LogP contribution is -2.00. The number of aliphatic carboxylic acids is 1. The third kappa shape index (κ3) is 4.94. The van der Waals surface area contributed by atoms with Crippen LogP contribution in [0.15, 0.2) is 72.8 Å². The number of carboxylic acid groups (broad SMARTS) is 1. The van der Waals surface area contributed by atoms with Crippen molar-refractivity contribution < 1.29 is 14.6 Å². The molecule has 0 unspecified atom stereocenters. The summed E-state index contributed by atoms with van der Waals surface area (Å²) < 4.78 is 8.12. The maximum absolute atomic E-state index is 10.6. The van der Waals surface area contributed by atoms with E-state index in [1.54, 1.807) is 0 Å². The largest absolute Gasteiger partial charge is 0.494 e. The van der Waals surface area contributed by atoms with Crippen molar-refractivity contribution in [1.29, 1.82) is 0 Å². The van der Waals surface area contributed by atoms with Gasteiger partial charge in [0, 0.05) is 23.7 Å². The molecule has 0 bridgehead atoms. The molecule has 5 nitrogen and oxygen atoms in total. The van der Waals surface area contributed by atoms with Crippen LogP contribution < -0.4 is 4.74 Å². The number of para-hydroxylation sites is 1. The predicted molar refractivity (Wildman–Crippen MR) is 123 cm³/mol. The van der Waals surface area contributed by atoms with Gasteiger partial charge in [0.05, 0.1) is 17.6 Å². The Hall–Kier alpha value is -3.60. The van der Waals surface area contributed by atoms with E-state index >= 15 is 0 Å². The Labute approximate surface area is 181 Å². The lowest BCUT2D eigenvalue weighted by Gasteiger charge is -2.11. The molecule has 0 aliphatic heterocycles. The molecule has 0 amide bonds. The zero-order chi connectivity index (χ0) is 21.6. The third-order valence-corrected chi connectivity index (χ3v) is 5.25. The van der Waals surface area contributed by atoms with Crippen molar-refractivity contribution in [1.82, 2.24) is 9.55 Å². The summed E-state index contributed by atoms with van der Waals surface area (Å²) >= 11 is 0. The molecular weight excluding hydrogens is 388 g/mol. The van der Waals surface area contributed by atoms with Gasteiger partial charge in [-0.3, -0.25) is 9.36 Å². The Kier molecular flexibility index (Phi) is 6.32. The van der Waals surface area contributed by atoms with Crippen molar-refractivity contribution in [3.05, 3.63) is 78.4 Å². The van der Waals surface area contributed by atoms with E-state index in [-0.39, 0.29) is 6.42 Å². The zero-order valence-electron chi connectivity index (χ0n) is 17.6. The maximum Gasteiger partial charge on any atom is 0.303 e. The fraction of sp³-hybridized carbons (Fsp3) is 0.231. The molecule has 4 rings (SSSR count). The van der Waals surface area contributed by atoms with Crippen molar-refractivity contribution in [3.63, 3.8) is 0 Å². The summed E-state index contributed by atoms with van der Waals surface area (Å²) in [6, 6.07) is 24.6. The van der Waals surface area contributed by atoms with E-state index in [0.717, 1.165) is 46.7 Å². The number of aromatic nitrogens is 2. The van der Waals surface area contributed by atoms with E-state index in [9.17, 15) is 4.79 Å². The fourth-order valence-corrected chi connectivity index (χ4v) is 3.62. The van der Waals surface area contributed by atoms with Crippen LogP contribution in [0.5, 0.6) is 5.75 Å². The minimum absolute atomic E-state index is 0.212. The Morgan fingerprint density at radius 1 is 0.968 bits per heavy atom. The van der Waals surface area contributed by atoms with Crippen LogP contribution >= 0.6 is 0 Å². The van der Waals surface area contributed by atoms with Gasteiger partial charge in [0.15, 0.2) is 0 Å². The van der Waals surface area contributed by atoms with Gasteiger partial charge in [-0.2, -0.15) is 0 Å². The van der Waals surface area contributed by atoms with Crippen molar-refractivity contribution in [3.8, 4) is 22.8 Å². The second-order valence-corrected chi connectivity index (χ2v) is 7.68. The Bertz CT molecular complexity index is 1160. The smallest absolute Gasteiger partial charge is 0.303 e. The van der Waals surface area contributed by atoms with Gasteiger partial charge >= 0.3 is 5.97 Å². The Morgan fingerprint density at radius 3 is 2.48 bits per heavy atom. The molecule has 4 aromatic rings. The van der Waals surface area contributed by atoms with Crippen molar-refractivity contribution in [2.45, 2.75) is 32.6 Å². The van der Waals surface area contributed by atoms with Crippen LogP contribution in [0.2, 0.25) is 0 Å². The number of aryl methyl sites for hydroxylation is 1. The summed E-state index contributed by atoms with van der Waals surface area (Å²) in [6.07, 6.45) is 2.56. The topological polar surface area (TPSA) is 64.3 Å². The second-order valence-electron chi connectivity index (χ2n) is 7.68. The number of carboxylic acids is 1. The summed E-state index contributed by atoms with van der Waals surface area (Å²) in [7, 11) is 0. The zero-order valence-corrected chi connectivity index (χ0v) is 17.6. The molecule has 31 heavy (non-hydrogen) atoms. The molecule has 0 spiro atoms. The van der Waals surface area contributed by atoms with Crippen molar-refractivity contribution in [2.75, 3.05) is 6.61 Å². The Morgan fingerprint density at radius 2 is 1.74 bits per heavy atom. The lowest BCUT2D eigenvalue weighted by molar-refractivity contribution is -0.137. The summed E-state index contributed by atoms with van der Waals surface area (Å²) in [5, 5.41) is 8.73. The highest BCUT2D eigenvalue weighted by atomic mass is 16.5. The second kappa shape index (κ2) is 9.47. The number of benzene rings is 3. The van der Waals surface area contributed by atoms with Crippen LogP contribution in [0.25, 0.3) is 28.1 Å². The first-order valence-corrected chi connectivity index (χ1v) is 10.6. The average molecular weight is 415 g/mol. The highest BCUT2D eigenvalue weighted by Gasteiger charge is 2.15. The molecule has 0 saturated heterocycles. The van der Waals surface area contributed by atoms with Crippen molar-refractivity contribution >= 4 is 17.0 Å². The van der Waals surface area contributed by atoms with Gasteiger partial charge in [-0.25, -0.2) is 4.98 Å². The van der Waals surface area contributed by atoms with E-state index in [0.29, 0.717) is 13.0 Å². The molecule has 0 atom stereocenters.